The molecule has 1 nitrogen and oxygen atoms in total. The molecule has 0 aliphatic heterocycles. The third-order valence-corrected chi connectivity index (χ3v) is 9.72. The molecule has 0 spiro atoms. The zero-order valence-corrected chi connectivity index (χ0v) is 26.8. The second kappa shape index (κ2) is 11.6. The SMILES string of the molecule is [2H]c1c([2H])c([2H])c2c(-c3cccc4oc5c6ccccc6ccc5c34)c3c([2H])c([2H])c([2H])c([2H])c3c(Cc3cc(-c4ccccc4)cc(-c4ccccc4)c3)c2c1[2H]. The highest BCUT2D eigenvalue weighted by Gasteiger charge is 2.20. The topological polar surface area (TPSA) is 13.1 Å². The van der Waals surface area contributed by atoms with Gasteiger partial charge in [0.2, 0.25) is 0 Å². The molecule has 1 aromatic heterocycles. The molecule has 10 rings (SSSR count). The van der Waals surface area contributed by atoms with Crippen molar-refractivity contribution in [2.45, 2.75) is 6.42 Å². The molecule has 10 aromatic rings. The number of hydrogen-bond donors (Lipinski definition) is 0. The molecule has 1 heteroatoms. The lowest BCUT2D eigenvalue weighted by atomic mass is 9.84. The molecule has 0 aliphatic rings. The fourth-order valence-electron chi connectivity index (χ4n) is 7.50. The second-order valence-corrected chi connectivity index (χ2v) is 12.6. The predicted octanol–water partition coefficient (Wildman–Crippen LogP) is 13.6. The Morgan fingerprint density at radius 2 is 1.06 bits per heavy atom. The molecular weight excluding hydrogens is 605 g/mol. The first-order valence-corrected chi connectivity index (χ1v) is 16.7. The van der Waals surface area contributed by atoms with E-state index in [1.165, 1.54) is 0 Å². The number of fused-ring (bicyclic) bond motifs is 7. The lowest BCUT2D eigenvalue weighted by Crippen LogP contribution is -1.97. The Hall–Kier alpha value is -6.44. The maximum Gasteiger partial charge on any atom is 0.143 e. The Balaban J connectivity index is 1.37. The van der Waals surface area contributed by atoms with Crippen LogP contribution in [0.5, 0.6) is 0 Å². The molecule has 0 atom stereocenters. The van der Waals surface area contributed by atoms with Gasteiger partial charge in [-0.15, -0.1) is 0 Å². The van der Waals surface area contributed by atoms with Crippen molar-refractivity contribution in [2.24, 2.45) is 0 Å². The van der Waals surface area contributed by atoms with Crippen LogP contribution in [0.25, 0.3) is 87.6 Å². The zero-order valence-electron chi connectivity index (χ0n) is 34.8. The van der Waals surface area contributed by atoms with Gasteiger partial charge in [-0.25, -0.2) is 0 Å². The monoisotopic (exact) mass is 644 g/mol. The van der Waals surface area contributed by atoms with Crippen molar-refractivity contribution in [3.63, 3.8) is 0 Å². The van der Waals surface area contributed by atoms with Gasteiger partial charge in [0.05, 0.1) is 11.0 Å². The highest BCUT2D eigenvalue weighted by molar-refractivity contribution is 6.24. The summed E-state index contributed by atoms with van der Waals surface area (Å²) in [6, 6.07) is 40.7. The van der Waals surface area contributed by atoms with Gasteiger partial charge in [-0.2, -0.15) is 0 Å². The number of furan rings is 1. The lowest BCUT2D eigenvalue weighted by Gasteiger charge is -2.19. The Morgan fingerprint density at radius 1 is 0.460 bits per heavy atom. The van der Waals surface area contributed by atoms with Gasteiger partial charge in [-0.1, -0.05) is 164 Å². The molecular formula is C49H32O. The number of benzene rings is 9. The van der Waals surface area contributed by atoms with Gasteiger partial charge in [-0.3, -0.25) is 0 Å². The smallest absolute Gasteiger partial charge is 0.143 e. The Labute approximate surface area is 301 Å². The summed E-state index contributed by atoms with van der Waals surface area (Å²) in [5.41, 5.74) is 7.11. The van der Waals surface area contributed by atoms with E-state index < -0.39 is 24.2 Å². The van der Waals surface area contributed by atoms with Gasteiger partial charge in [-0.05, 0) is 96.1 Å². The van der Waals surface area contributed by atoms with Crippen molar-refractivity contribution in [1.29, 1.82) is 0 Å². The third kappa shape index (κ3) is 4.63. The van der Waals surface area contributed by atoms with E-state index >= 15 is 0 Å². The van der Waals surface area contributed by atoms with Crippen LogP contribution in [0, 0.1) is 0 Å². The highest BCUT2D eigenvalue weighted by Crippen LogP contribution is 2.46. The molecule has 1 heterocycles. The van der Waals surface area contributed by atoms with Crippen molar-refractivity contribution in [3.8, 4) is 33.4 Å². The van der Waals surface area contributed by atoms with Gasteiger partial charge < -0.3 is 4.42 Å². The van der Waals surface area contributed by atoms with Crippen LogP contribution in [0.15, 0.2) is 186 Å². The standard InChI is InChI=1S/C49H32O/c1-3-14-33(15-4-1)36-28-32(29-37(31-36)34-16-5-2-6-17-34)30-45-39-20-9-11-22-41(39)47(42-23-12-10-21-40(42)45)43-24-13-25-46-48(43)44-27-26-35-18-7-8-19-38(35)49(44)50-46/h1-29,31H,30H2/i9D,10D,11D,12D,20D,21D,22D,23D. The minimum atomic E-state index is -0.433. The van der Waals surface area contributed by atoms with Crippen LogP contribution in [0.3, 0.4) is 0 Å². The van der Waals surface area contributed by atoms with Crippen LogP contribution in [-0.4, -0.2) is 0 Å². The molecule has 0 N–H and O–H groups in total. The van der Waals surface area contributed by atoms with Crippen molar-refractivity contribution in [3.05, 3.63) is 193 Å². The number of hydrogen-bond acceptors (Lipinski definition) is 1. The summed E-state index contributed by atoms with van der Waals surface area (Å²) in [4.78, 5) is 0. The molecule has 0 fully saturated rings. The number of rotatable bonds is 5. The van der Waals surface area contributed by atoms with E-state index in [1.54, 1.807) is 0 Å². The van der Waals surface area contributed by atoms with Crippen LogP contribution in [-0.2, 0) is 6.42 Å². The van der Waals surface area contributed by atoms with Gasteiger partial charge in [0.1, 0.15) is 11.2 Å². The minimum Gasteiger partial charge on any atom is -0.455 e. The Bertz CT molecular complexity index is 3200. The molecule has 234 valence electrons. The summed E-state index contributed by atoms with van der Waals surface area (Å²) in [6.07, 6.45) is 0.114. The Morgan fingerprint density at radius 3 is 1.72 bits per heavy atom. The average molecular weight is 645 g/mol. The fraction of sp³-hybridized carbons (Fsp3) is 0.0204. The molecule has 0 bridgehead atoms. The van der Waals surface area contributed by atoms with Gasteiger partial charge >= 0.3 is 0 Å². The van der Waals surface area contributed by atoms with Crippen molar-refractivity contribution in [2.75, 3.05) is 0 Å². The molecule has 0 saturated carbocycles. The van der Waals surface area contributed by atoms with E-state index in [-0.39, 0.29) is 52.1 Å². The third-order valence-electron chi connectivity index (χ3n) is 9.72. The Kier molecular flexibility index (Phi) is 5.00. The minimum absolute atomic E-state index is 0.114. The molecule has 50 heavy (non-hydrogen) atoms. The first kappa shape index (κ1) is 21.5. The first-order valence-electron chi connectivity index (χ1n) is 20.7. The van der Waals surface area contributed by atoms with Crippen LogP contribution < -0.4 is 0 Å². The van der Waals surface area contributed by atoms with Gasteiger partial charge in [0.25, 0.3) is 0 Å². The molecule has 0 radical (unpaired) electrons. The summed E-state index contributed by atoms with van der Waals surface area (Å²) in [6.45, 7) is 0. The van der Waals surface area contributed by atoms with E-state index in [0.29, 0.717) is 33.2 Å². The van der Waals surface area contributed by atoms with Crippen LogP contribution in [0.2, 0.25) is 0 Å². The van der Waals surface area contributed by atoms with E-state index in [0.717, 1.165) is 44.0 Å². The average Bonchev–Trinajstić information content (AvgIpc) is 3.66. The van der Waals surface area contributed by atoms with Crippen LogP contribution >= 0.6 is 0 Å². The lowest BCUT2D eigenvalue weighted by molar-refractivity contribution is 0.673. The van der Waals surface area contributed by atoms with Crippen molar-refractivity contribution in [1.82, 2.24) is 0 Å². The normalized spacial score (nSPS) is 13.9. The first-order chi connectivity index (χ1) is 28.1. The summed E-state index contributed by atoms with van der Waals surface area (Å²) >= 11 is 0. The van der Waals surface area contributed by atoms with Crippen molar-refractivity contribution < 1.29 is 15.4 Å². The van der Waals surface area contributed by atoms with Crippen LogP contribution in [0.1, 0.15) is 22.1 Å². The van der Waals surface area contributed by atoms with Crippen molar-refractivity contribution >= 4 is 54.3 Å². The summed E-state index contributed by atoms with van der Waals surface area (Å²) in [7, 11) is 0. The maximum atomic E-state index is 9.52. The molecule has 0 aliphatic carbocycles. The van der Waals surface area contributed by atoms with E-state index in [1.807, 2.05) is 127 Å². The van der Waals surface area contributed by atoms with E-state index in [4.69, 9.17) is 9.90 Å². The highest BCUT2D eigenvalue weighted by atomic mass is 16.3. The van der Waals surface area contributed by atoms with Crippen LogP contribution in [0.4, 0.5) is 0 Å². The maximum absolute atomic E-state index is 9.52. The molecule has 9 aromatic carbocycles. The second-order valence-electron chi connectivity index (χ2n) is 12.6. The van der Waals surface area contributed by atoms with E-state index in [2.05, 4.69) is 6.07 Å². The summed E-state index contributed by atoms with van der Waals surface area (Å²) in [5.74, 6) is 0. The zero-order chi connectivity index (χ0) is 40.0. The summed E-state index contributed by atoms with van der Waals surface area (Å²) < 4.78 is 80.3. The fourth-order valence-corrected chi connectivity index (χ4v) is 7.50. The summed E-state index contributed by atoms with van der Waals surface area (Å²) in [5, 5.41) is 4.14. The molecule has 0 unspecified atom stereocenters. The van der Waals surface area contributed by atoms with Gasteiger partial charge in [0, 0.05) is 16.2 Å². The van der Waals surface area contributed by atoms with Gasteiger partial charge in [0.15, 0.2) is 0 Å². The molecule has 0 saturated heterocycles. The quantitative estimate of drug-likeness (QED) is 0.170. The largest absolute Gasteiger partial charge is 0.455 e. The van der Waals surface area contributed by atoms with E-state index in [9.17, 15) is 5.48 Å². The molecule has 0 amide bonds. The predicted molar refractivity (Wildman–Crippen MR) is 212 cm³/mol.